The Morgan fingerprint density at radius 2 is 1.38 bits per heavy atom. The lowest BCUT2D eigenvalue weighted by molar-refractivity contribution is -0.149. The maximum atomic E-state index is 13.0. The third kappa shape index (κ3) is 8.86. The number of halogens is 6. The molecule has 0 aliphatic heterocycles. The molecule has 0 bridgehead atoms. The van der Waals surface area contributed by atoms with Crippen molar-refractivity contribution in [3.05, 3.63) is 34.9 Å². The van der Waals surface area contributed by atoms with Crippen molar-refractivity contribution >= 4 is 17.8 Å². The van der Waals surface area contributed by atoms with Gasteiger partial charge < -0.3 is 9.47 Å². The molecule has 1 amide bonds. The topological polar surface area (TPSA) is 72.9 Å². The van der Waals surface area contributed by atoms with Gasteiger partial charge in [0, 0.05) is 12.6 Å². The minimum Gasteiger partial charge on any atom is -0.456 e. The Balaban J connectivity index is 3.10. The van der Waals surface area contributed by atoms with E-state index in [1.54, 1.807) is 34.6 Å². The molecule has 1 rings (SSSR count). The SMILES string of the molecule is CC(C)CC(C(=O)OCC(=O)c1cc(C(F)(F)F)cc(C(F)(F)F)c1)N(C)C(=O)OC(C)(C)C. The van der Waals surface area contributed by atoms with E-state index in [0.717, 1.165) is 4.90 Å². The van der Waals surface area contributed by atoms with E-state index >= 15 is 0 Å². The molecule has 0 radical (unpaired) electrons. The molecule has 1 unspecified atom stereocenters. The molecule has 0 aliphatic rings. The van der Waals surface area contributed by atoms with Crippen molar-refractivity contribution in [2.75, 3.05) is 13.7 Å². The van der Waals surface area contributed by atoms with Crippen LogP contribution in [-0.2, 0) is 26.6 Å². The number of esters is 1. The van der Waals surface area contributed by atoms with E-state index in [1.807, 2.05) is 0 Å². The molecule has 0 saturated heterocycles. The van der Waals surface area contributed by atoms with Crippen molar-refractivity contribution in [1.29, 1.82) is 0 Å². The number of Topliss-reactive ketones (excluding diaryl/α,β-unsaturated/α-hetero) is 1. The fraction of sp³-hybridized carbons (Fsp3) is 0.591. The van der Waals surface area contributed by atoms with Gasteiger partial charge >= 0.3 is 24.4 Å². The highest BCUT2D eigenvalue weighted by atomic mass is 19.4. The van der Waals surface area contributed by atoms with Crippen LogP contribution in [-0.4, -0.2) is 48.0 Å². The van der Waals surface area contributed by atoms with E-state index < -0.39 is 65.1 Å². The molecule has 0 fully saturated rings. The van der Waals surface area contributed by atoms with Crippen LogP contribution in [0, 0.1) is 5.92 Å². The van der Waals surface area contributed by atoms with Gasteiger partial charge in [0.05, 0.1) is 11.1 Å². The van der Waals surface area contributed by atoms with Gasteiger partial charge in [-0.3, -0.25) is 9.69 Å². The number of carbonyl (C=O) groups excluding carboxylic acids is 3. The quantitative estimate of drug-likeness (QED) is 0.272. The van der Waals surface area contributed by atoms with Crippen molar-refractivity contribution in [2.24, 2.45) is 5.92 Å². The number of ether oxygens (including phenoxy) is 2. The fourth-order valence-corrected chi connectivity index (χ4v) is 2.75. The standard InChI is InChI=1S/C22H27F6NO5/c1-12(2)7-16(29(6)19(32)34-20(3,4)5)18(31)33-11-17(30)13-8-14(21(23,24)25)10-15(9-13)22(26,27)28/h8-10,12,16H,7,11H2,1-6H3. The maximum absolute atomic E-state index is 13.0. The highest BCUT2D eigenvalue weighted by molar-refractivity contribution is 5.98. The number of amides is 1. The summed E-state index contributed by atoms with van der Waals surface area (Å²) < 4.78 is 88.1. The zero-order valence-electron chi connectivity index (χ0n) is 19.6. The molecule has 1 aromatic rings. The van der Waals surface area contributed by atoms with Crippen LogP contribution in [0.3, 0.4) is 0 Å². The van der Waals surface area contributed by atoms with E-state index in [0.29, 0.717) is 0 Å². The normalized spacial score (nSPS) is 13.4. The Kier molecular flexibility index (Phi) is 9.15. The number of nitrogens with zero attached hydrogens (tertiary/aromatic N) is 1. The molecular formula is C22H27F6NO5. The first kappa shape index (κ1) is 29.2. The van der Waals surface area contributed by atoms with Crippen molar-refractivity contribution in [3.63, 3.8) is 0 Å². The zero-order valence-corrected chi connectivity index (χ0v) is 19.6. The van der Waals surface area contributed by atoms with Gasteiger partial charge in [0.15, 0.2) is 12.4 Å². The summed E-state index contributed by atoms with van der Waals surface area (Å²) in [5.41, 5.74) is -5.12. The number of benzene rings is 1. The molecule has 0 heterocycles. The van der Waals surface area contributed by atoms with Gasteiger partial charge in [-0.2, -0.15) is 26.3 Å². The van der Waals surface area contributed by atoms with Crippen molar-refractivity contribution < 1.29 is 50.2 Å². The first-order valence-electron chi connectivity index (χ1n) is 10.2. The van der Waals surface area contributed by atoms with Gasteiger partial charge in [0.2, 0.25) is 0 Å². The van der Waals surface area contributed by atoms with E-state index in [9.17, 15) is 40.7 Å². The summed E-state index contributed by atoms with van der Waals surface area (Å²) in [7, 11) is 1.27. The highest BCUT2D eigenvalue weighted by Crippen LogP contribution is 2.36. The third-order valence-electron chi connectivity index (χ3n) is 4.37. The Morgan fingerprint density at radius 1 is 0.912 bits per heavy atom. The van der Waals surface area contributed by atoms with Crippen LogP contribution in [0.2, 0.25) is 0 Å². The second-order valence-corrected chi connectivity index (χ2v) is 9.06. The summed E-state index contributed by atoms with van der Waals surface area (Å²) in [5, 5.41) is 0. The number of rotatable bonds is 7. The molecule has 192 valence electrons. The summed E-state index contributed by atoms with van der Waals surface area (Å²) in [6.45, 7) is 7.20. The number of ketones is 1. The molecule has 0 aliphatic carbocycles. The van der Waals surface area contributed by atoms with Crippen LogP contribution < -0.4 is 0 Å². The molecule has 0 spiro atoms. The molecular weight excluding hydrogens is 472 g/mol. The first-order chi connectivity index (χ1) is 15.2. The lowest BCUT2D eigenvalue weighted by Crippen LogP contribution is -2.46. The van der Waals surface area contributed by atoms with E-state index in [-0.39, 0.29) is 30.5 Å². The first-order valence-corrected chi connectivity index (χ1v) is 10.2. The molecule has 0 N–H and O–H groups in total. The van der Waals surface area contributed by atoms with Gasteiger partial charge in [-0.05, 0) is 51.3 Å². The Labute approximate surface area is 193 Å². The summed E-state index contributed by atoms with van der Waals surface area (Å²) in [4.78, 5) is 38.2. The summed E-state index contributed by atoms with van der Waals surface area (Å²) in [6, 6.07) is -0.805. The van der Waals surface area contributed by atoms with Gasteiger partial charge in [-0.25, -0.2) is 9.59 Å². The van der Waals surface area contributed by atoms with Crippen LogP contribution in [0.4, 0.5) is 31.1 Å². The molecule has 1 aromatic carbocycles. The summed E-state index contributed by atoms with van der Waals surface area (Å²) in [6.07, 6.45) is -11.0. The lowest BCUT2D eigenvalue weighted by Gasteiger charge is -2.30. The van der Waals surface area contributed by atoms with Crippen LogP contribution in [0.1, 0.15) is 62.5 Å². The number of alkyl halides is 6. The summed E-state index contributed by atoms with van der Waals surface area (Å²) >= 11 is 0. The lowest BCUT2D eigenvalue weighted by atomic mass is 10.0. The molecule has 12 heteroatoms. The average Bonchev–Trinajstić information content (AvgIpc) is 2.66. The minimum atomic E-state index is -5.13. The monoisotopic (exact) mass is 499 g/mol. The molecule has 34 heavy (non-hydrogen) atoms. The van der Waals surface area contributed by atoms with Crippen molar-refractivity contribution in [3.8, 4) is 0 Å². The predicted octanol–water partition coefficient (Wildman–Crippen LogP) is 5.73. The Hall–Kier alpha value is -2.79. The third-order valence-corrected chi connectivity index (χ3v) is 4.37. The molecule has 0 aromatic heterocycles. The van der Waals surface area contributed by atoms with Gasteiger partial charge in [0.25, 0.3) is 0 Å². The van der Waals surface area contributed by atoms with Crippen LogP contribution in [0.25, 0.3) is 0 Å². The Morgan fingerprint density at radius 3 is 1.76 bits per heavy atom. The molecule has 6 nitrogen and oxygen atoms in total. The fourth-order valence-electron chi connectivity index (χ4n) is 2.75. The van der Waals surface area contributed by atoms with Crippen LogP contribution in [0.15, 0.2) is 18.2 Å². The zero-order chi connectivity index (χ0) is 26.6. The molecule has 1 atom stereocenters. The van der Waals surface area contributed by atoms with Crippen LogP contribution >= 0.6 is 0 Å². The van der Waals surface area contributed by atoms with E-state index in [1.165, 1.54) is 7.05 Å². The predicted molar refractivity (Wildman–Crippen MR) is 109 cm³/mol. The molecule has 0 saturated carbocycles. The van der Waals surface area contributed by atoms with Gasteiger partial charge in [-0.15, -0.1) is 0 Å². The van der Waals surface area contributed by atoms with Gasteiger partial charge in [-0.1, -0.05) is 13.8 Å². The second-order valence-electron chi connectivity index (χ2n) is 9.06. The maximum Gasteiger partial charge on any atom is 0.416 e. The number of likely N-dealkylation sites (N-methyl/N-ethyl adjacent to an activating group) is 1. The summed E-state index contributed by atoms with van der Waals surface area (Å²) in [5.74, 6) is -2.44. The second kappa shape index (κ2) is 10.6. The smallest absolute Gasteiger partial charge is 0.416 e. The van der Waals surface area contributed by atoms with Crippen molar-refractivity contribution in [1.82, 2.24) is 4.90 Å². The average molecular weight is 499 g/mol. The van der Waals surface area contributed by atoms with Crippen LogP contribution in [0.5, 0.6) is 0 Å². The van der Waals surface area contributed by atoms with Crippen molar-refractivity contribution in [2.45, 2.75) is 65.0 Å². The van der Waals surface area contributed by atoms with E-state index in [4.69, 9.17) is 9.47 Å². The van der Waals surface area contributed by atoms with Gasteiger partial charge in [0.1, 0.15) is 11.6 Å². The number of carbonyl (C=O) groups is 3. The number of hydrogen-bond acceptors (Lipinski definition) is 5. The minimum absolute atomic E-state index is 0.102. The van der Waals surface area contributed by atoms with E-state index in [2.05, 4.69) is 0 Å². The Bertz CT molecular complexity index is 870. The number of hydrogen-bond donors (Lipinski definition) is 0. The largest absolute Gasteiger partial charge is 0.456 e. The highest BCUT2D eigenvalue weighted by Gasteiger charge is 2.38.